The summed E-state index contributed by atoms with van der Waals surface area (Å²) < 4.78 is 36.6. The quantitative estimate of drug-likeness (QED) is 0.452. The summed E-state index contributed by atoms with van der Waals surface area (Å²) in [6, 6.07) is 7.52. The van der Waals surface area contributed by atoms with Crippen molar-refractivity contribution in [2.75, 3.05) is 31.2 Å². The minimum Gasteiger partial charge on any atom is -0.381 e. The van der Waals surface area contributed by atoms with E-state index in [1.807, 2.05) is 30.0 Å². The van der Waals surface area contributed by atoms with Gasteiger partial charge in [-0.15, -0.1) is 0 Å². The summed E-state index contributed by atoms with van der Waals surface area (Å²) in [5.41, 5.74) is 6.10. The molecule has 1 aromatic carbocycles. The fraction of sp³-hybridized carbons (Fsp3) is 0.483. The number of carbonyl (C=O) groups is 1. The fourth-order valence-electron chi connectivity index (χ4n) is 6.07. The van der Waals surface area contributed by atoms with Crippen LogP contribution in [0, 0.1) is 6.92 Å². The third-order valence-corrected chi connectivity index (χ3v) is 8.13. The van der Waals surface area contributed by atoms with Crippen molar-refractivity contribution >= 4 is 17.4 Å². The Morgan fingerprint density at radius 3 is 2.66 bits per heavy atom. The van der Waals surface area contributed by atoms with E-state index in [1.54, 1.807) is 19.2 Å². The Bertz CT molecular complexity index is 1350. The van der Waals surface area contributed by atoms with Crippen molar-refractivity contribution in [2.24, 2.45) is 0 Å². The number of hydrogen-bond donors (Lipinski definition) is 0. The van der Waals surface area contributed by atoms with E-state index in [2.05, 4.69) is 14.6 Å². The van der Waals surface area contributed by atoms with Gasteiger partial charge in [0.1, 0.15) is 0 Å². The van der Waals surface area contributed by atoms with Gasteiger partial charge in [0, 0.05) is 79.6 Å². The van der Waals surface area contributed by atoms with Gasteiger partial charge >= 0.3 is 0 Å². The number of rotatable bonds is 4. The SMILES string of the molecule is CC(=O)N1CCc2c(c(N3CCCc4cc(-c5ccc(C)nc5)c(C(F)F)cc43)nn2C2CCOCC2)C1. The molecule has 1 amide bonds. The maximum absolute atomic E-state index is 14.4. The second-order valence-electron chi connectivity index (χ2n) is 10.5. The van der Waals surface area contributed by atoms with Gasteiger partial charge in [-0.1, -0.05) is 6.07 Å². The molecule has 3 aliphatic rings. The van der Waals surface area contributed by atoms with Crippen molar-refractivity contribution in [2.45, 2.75) is 65.0 Å². The Hall–Kier alpha value is -3.33. The average molecular weight is 522 g/mol. The standard InChI is InChI=1S/C29H33F2N5O2/c1-18-5-6-21(16-32-18)23-14-20-4-3-10-35(27(20)15-24(23)28(30)31)29-25-17-34(19(2)37)11-7-26(25)36(33-29)22-8-12-38-13-9-22/h5-6,14-16,22,28H,3-4,7-13,17H2,1-2H3. The van der Waals surface area contributed by atoms with Crippen molar-refractivity contribution in [1.82, 2.24) is 19.7 Å². The summed E-state index contributed by atoms with van der Waals surface area (Å²) in [4.78, 5) is 20.6. The number of benzene rings is 1. The minimum absolute atomic E-state index is 0.00407. The van der Waals surface area contributed by atoms with Crippen LogP contribution >= 0.6 is 0 Å². The monoisotopic (exact) mass is 521 g/mol. The van der Waals surface area contributed by atoms with E-state index in [4.69, 9.17) is 9.84 Å². The molecule has 0 radical (unpaired) electrons. The van der Waals surface area contributed by atoms with E-state index in [-0.39, 0.29) is 17.5 Å². The first-order valence-corrected chi connectivity index (χ1v) is 13.5. The number of nitrogens with zero attached hydrogens (tertiary/aromatic N) is 5. The number of carbonyl (C=O) groups excluding carboxylic acids is 1. The van der Waals surface area contributed by atoms with Gasteiger partial charge in [0.2, 0.25) is 5.91 Å². The van der Waals surface area contributed by atoms with E-state index in [1.165, 1.54) is 0 Å². The fourth-order valence-corrected chi connectivity index (χ4v) is 6.07. The lowest BCUT2D eigenvalue weighted by atomic mass is 9.92. The molecule has 0 spiro atoms. The van der Waals surface area contributed by atoms with Crippen molar-refractivity contribution in [3.8, 4) is 11.1 Å². The predicted molar refractivity (Wildman–Crippen MR) is 141 cm³/mol. The number of ether oxygens (including phenoxy) is 1. The molecule has 2 aromatic heterocycles. The zero-order chi connectivity index (χ0) is 26.4. The number of alkyl halides is 2. The smallest absolute Gasteiger partial charge is 0.264 e. The molecule has 6 rings (SSSR count). The predicted octanol–water partition coefficient (Wildman–Crippen LogP) is 5.53. The normalized spacial score (nSPS) is 18.0. The van der Waals surface area contributed by atoms with Crippen LogP contribution < -0.4 is 4.90 Å². The van der Waals surface area contributed by atoms with Gasteiger partial charge in [-0.25, -0.2) is 8.78 Å². The second kappa shape index (κ2) is 10.1. The summed E-state index contributed by atoms with van der Waals surface area (Å²) in [7, 11) is 0. The highest BCUT2D eigenvalue weighted by molar-refractivity contribution is 5.78. The molecule has 0 aliphatic carbocycles. The van der Waals surface area contributed by atoms with Crippen LogP contribution in [0.3, 0.4) is 0 Å². The van der Waals surface area contributed by atoms with E-state index >= 15 is 0 Å². The van der Waals surface area contributed by atoms with Crippen LogP contribution in [0.4, 0.5) is 20.3 Å². The number of anilines is 2. The third-order valence-electron chi connectivity index (χ3n) is 8.13. The maximum atomic E-state index is 14.4. The number of aryl methyl sites for hydroxylation is 2. The molecular weight excluding hydrogens is 488 g/mol. The van der Waals surface area contributed by atoms with Gasteiger partial charge in [0.05, 0.1) is 12.6 Å². The number of pyridine rings is 1. The number of halogens is 2. The summed E-state index contributed by atoms with van der Waals surface area (Å²) in [5, 5.41) is 5.15. The van der Waals surface area contributed by atoms with E-state index < -0.39 is 6.43 Å². The highest BCUT2D eigenvalue weighted by Crippen LogP contribution is 2.43. The first-order chi connectivity index (χ1) is 18.4. The van der Waals surface area contributed by atoms with Crippen LogP contribution in [-0.2, 0) is 28.9 Å². The highest BCUT2D eigenvalue weighted by atomic mass is 19.3. The second-order valence-corrected chi connectivity index (χ2v) is 10.5. The highest BCUT2D eigenvalue weighted by Gasteiger charge is 2.34. The van der Waals surface area contributed by atoms with E-state index in [0.29, 0.717) is 44.0 Å². The largest absolute Gasteiger partial charge is 0.381 e. The number of hydrogen-bond acceptors (Lipinski definition) is 5. The van der Waals surface area contributed by atoms with Crippen LogP contribution in [0.1, 0.15) is 66.7 Å². The van der Waals surface area contributed by atoms with Gasteiger partial charge in [0.15, 0.2) is 5.82 Å². The maximum Gasteiger partial charge on any atom is 0.264 e. The molecule has 0 N–H and O–H groups in total. The molecule has 1 saturated heterocycles. The molecule has 200 valence electrons. The molecule has 0 bridgehead atoms. The molecule has 9 heteroatoms. The third kappa shape index (κ3) is 4.46. The number of aromatic nitrogens is 3. The van der Waals surface area contributed by atoms with Crippen molar-refractivity contribution in [1.29, 1.82) is 0 Å². The molecule has 38 heavy (non-hydrogen) atoms. The van der Waals surface area contributed by atoms with Gasteiger partial charge in [-0.3, -0.25) is 14.5 Å². The van der Waals surface area contributed by atoms with Crippen LogP contribution in [0.25, 0.3) is 11.1 Å². The Labute approximate surface area is 221 Å². The van der Waals surface area contributed by atoms with Crippen LogP contribution in [-0.4, -0.2) is 51.9 Å². The molecule has 7 nitrogen and oxygen atoms in total. The van der Waals surface area contributed by atoms with Gasteiger partial charge < -0.3 is 14.5 Å². The minimum atomic E-state index is -2.62. The summed E-state index contributed by atoms with van der Waals surface area (Å²) >= 11 is 0. The zero-order valence-electron chi connectivity index (χ0n) is 21.9. The van der Waals surface area contributed by atoms with E-state index in [9.17, 15) is 13.6 Å². The van der Waals surface area contributed by atoms with Crippen molar-refractivity contribution in [3.05, 3.63) is 58.5 Å². The Balaban J connectivity index is 1.47. The lowest BCUT2D eigenvalue weighted by Gasteiger charge is -2.33. The molecule has 3 aliphatic heterocycles. The van der Waals surface area contributed by atoms with Crippen LogP contribution in [0.15, 0.2) is 30.5 Å². The molecule has 3 aromatic rings. The molecule has 5 heterocycles. The Morgan fingerprint density at radius 2 is 1.95 bits per heavy atom. The first kappa shape index (κ1) is 25.0. The molecule has 1 fully saturated rings. The van der Waals surface area contributed by atoms with Crippen molar-refractivity contribution < 1.29 is 18.3 Å². The van der Waals surface area contributed by atoms with Gasteiger partial charge in [0.25, 0.3) is 6.43 Å². The number of fused-ring (bicyclic) bond motifs is 2. The number of amides is 1. The lowest BCUT2D eigenvalue weighted by Crippen LogP contribution is -2.36. The summed E-state index contributed by atoms with van der Waals surface area (Å²) in [6.07, 6.45) is 3.27. The van der Waals surface area contributed by atoms with Crippen molar-refractivity contribution in [3.63, 3.8) is 0 Å². The molecule has 0 unspecified atom stereocenters. The zero-order valence-corrected chi connectivity index (χ0v) is 21.9. The summed E-state index contributed by atoms with van der Waals surface area (Å²) in [5.74, 6) is 0.833. The first-order valence-electron chi connectivity index (χ1n) is 13.5. The van der Waals surface area contributed by atoms with Crippen LogP contribution in [0.2, 0.25) is 0 Å². The summed E-state index contributed by atoms with van der Waals surface area (Å²) in [6.45, 7) is 6.74. The van der Waals surface area contributed by atoms with Gasteiger partial charge in [-0.05, 0) is 61.9 Å². The Morgan fingerprint density at radius 1 is 1.13 bits per heavy atom. The van der Waals surface area contributed by atoms with E-state index in [0.717, 1.165) is 66.1 Å². The average Bonchev–Trinajstić information content (AvgIpc) is 3.31. The lowest BCUT2D eigenvalue weighted by molar-refractivity contribution is -0.129. The van der Waals surface area contributed by atoms with Crippen LogP contribution in [0.5, 0.6) is 0 Å². The topological polar surface area (TPSA) is 63.5 Å². The van der Waals surface area contributed by atoms with Gasteiger partial charge in [-0.2, -0.15) is 5.10 Å². The Kier molecular flexibility index (Phi) is 6.63. The molecular formula is C29H33F2N5O2. The molecule has 0 atom stereocenters. The molecule has 0 saturated carbocycles.